The zero-order valence-electron chi connectivity index (χ0n) is 11.3. The maximum atomic E-state index is 9.18. The molecule has 3 rings (SSSR count). The summed E-state index contributed by atoms with van der Waals surface area (Å²) in [5, 5.41) is 13.4. The first-order valence-corrected chi connectivity index (χ1v) is 8.04. The van der Waals surface area contributed by atoms with E-state index in [2.05, 4.69) is 39.4 Å². The lowest BCUT2D eigenvalue weighted by Crippen LogP contribution is -2.34. The summed E-state index contributed by atoms with van der Waals surface area (Å²) in [6.07, 6.45) is 2.17. The number of hydrogen-bond acceptors (Lipinski definition) is 2. The molecule has 0 aliphatic heterocycles. The molecule has 2 aromatic carbocycles. The summed E-state index contributed by atoms with van der Waals surface area (Å²) in [6, 6.07) is 16.5. The molecule has 0 atom stereocenters. The van der Waals surface area contributed by atoms with Gasteiger partial charge in [-0.2, -0.15) is 5.26 Å². The highest BCUT2D eigenvalue weighted by Gasteiger charge is 2.30. The highest BCUT2D eigenvalue weighted by atomic mass is 79.9. The van der Waals surface area contributed by atoms with E-state index in [0.717, 1.165) is 28.0 Å². The van der Waals surface area contributed by atoms with Crippen molar-refractivity contribution in [2.24, 2.45) is 0 Å². The Balaban J connectivity index is 1.63. The van der Waals surface area contributed by atoms with Crippen LogP contribution in [0.15, 0.2) is 46.9 Å². The molecule has 2 aromatic rings. The number of nitrogens with one attached hydrogen (secondary N) is 1. The standard InChI is InChI=1S/C17H14BrClN2/c18-14-3-6-17(13(7-14)10-20)21-16-8-12(9-16)11-1-4-15(19)5-2-11/h1-7,12,16,21H,8-9H2. The van der Waals surface area contributed by atoms with Crippen molar-refractivity contribution in [2.45, 2.75) is 24.8 Å². The van der Waals surface area contributed by atoms with E-state index < -0.39 is 0 Å². The third-order valence-corrected chi connectivity index (χ3v) is 4.69. The van der Waals surface area contributed by atoms with Gasteiger partial charge in [-0.05, 0) is 54.7 Å². The topological polar surface area (TPSA) is 35.8 Å². The molecular weight excluding hydrogens is 348 g/mol. The van der Waals surface area contributed by atoms with E-state index in [4.69, 9.17) is 11.6 Å². The molecule has 0 aromatic heterocycles. The van der Waals surface area contributed by atoms with E-state index in [1.165, 1.54) is 5.56 Å². The fourth-order valence-corrected chi connectivity index (χ4v) is 3.18. The van der Waals surface area contributed by atoms with E-state index in [1.54, 1.807) is 0 Å². The van der Waals surface area contributed by atoms with Crippen molar-refractivity contribution < 1.29 is 0 Å². The van der Waals surface area contributed by atoms with Crippen LogP contribution in [0.2, 0.25) is 5.02 Å². The summed E-state index contributed by atoms with van der Waals surface area (Å²) in [5.74, 6) is 0.584. The molecule has 0 spiro atoms. The second kappa shape index (κ2) is 6.09. The lowest BCUT2D eigenvalue weighted by atomic mass is 9.76. The molecule has 1 saturated carbocycles. The van der Waals surface area contributed by atoms with Crippen molar-refractivity contribution >= 4 is 33.2 Å². The number of anilines is 1. The molecule has 0 heterocycles. The largest absolute Gasteiger partial charge is 0.381 e. The third-order valence-electron chi connectivity index (χ3n) is 3.94. The van der Waals surface area contributed by atoms with Crippen molar-refractivity contribution in [1.29, 1.82) is 5.26 Å². The van der Waals surface area contributed by atoms with Crippen LogP contribution in [0.3, 0.4) is 0 Å². The average Bonchev–Trinajstić information content (AvgIpc) is 2.45. The maximum Gasteiger partial charge on any atom is 0.101 e. The van der Waals surface area contributed by atoms with Gasteiger partial charge in [0.1, 0.15) is 6.07 Å². The van der Waals surface area contributed by atoms with Crippen LogP contribution in [0.4, 0.5) is 5.69 Å². The molecule has 0 unspecified atom stereocenters. The summed E-state index contributed by atoms with van der Waals surface area (Å²) in [7, 11) is 0. The lowest BCUT2D eigenvalue weighted by Gasteiger charge is -2.37. The van der Waals surface area contributed by atoms with E-state index >= 15 is 0 Å². The first kappa shape index (κ1) is 14.4. The van der Waals surface area contributed by atoms with Crippen LogP contribution in [-0.4, -0.2) is 6.04 Å². The molecule has 2 nitrogen and oxygen atoms in total. The average molecular weight is 362 g/mol. The number of halogens is 2. The van der Waals surface area contributed by atoms with Crippen molar-refractivity contribution in [3.05, 3.63) is 63.1 Å². The second-order valence-electron chi connectivity index (χ2n) is 5.36. The molecule has 1 N–H and O–H groups in total. The van der Waals surface area contributed by atoms with Crippen LogP contribution in [0.1, 0.15) is 29.9 Å². The molecule has 106 valence electrons. The molecule has 0 amide bonds. The Kier molecular flexibility index (Phi) is 4.19. The zero-order chi connectivity index (χ0) is 14.8. The molecular formula is C17H14BrClN2. The monoisotopic (exact) mass is 360 g/mol. The Morgan fingerprint density at radius 2 is 1.86 bits per heavy atom. The highest BCUT2D eigenvalue weighted by molar-refractivity contribution is 9.10. The molecule has 0 radical (unpaired) electrons. The fourth-order valence-electron chi connectivity index (χ4n) is 2.70. The quantitative estimate of drug-likeness (QED) is 0.801. The van der Waals surface area contributed by atoms with Gasteiger partial charge in [0, 0.05) is 15.5 Å². The van der Waals surface area contributed by atoms with Gasteiger partial charge in [-0.1, -0.05) is 39.7 Å². The lowest BCUT2D eigenvalue weighted by molar-refractivity contribution is 0.374. The normalized spacial score (nSPS) is 20.4. The molecule has 4 heteroatoms. The van der Waals surface area contributed by atoms with E-state index in [9.17, 15) is 5.26 Å². The molecule has 21 heavy (non-hydrogen) atoms. The number of hydrogen-bond donors (Lipinski definition) is 1. The number of benzene rings is 2. The Hall–Kier alpha value is -1.50. The van der Waals surface area contributed by atoms with Crippen LogP contribution in [0, 0.1) is 11.3 Å². The minimum Gasteiger partial charge on any atom is -0.381 e. The first-order valence-electron chi connectivity index (χ1n) is 6.87. The van der Waals surface area contributed by atoms with Crippen LogP contribution in [0.25, 0.3) is 0 Å². The summed E-state index contributed by atoms with van der Waals surface area (Å²) in [4.78, 5) is 0. The second-order valence-corrected chi connectivity index (χ2v) is 6.71. The van der Waals surface area contributed by atoms with Gasteiger partial charge >= 0.3 is 0 Å². The minimum atomic E-state index is 0.430. The van der Waals surface area contributed by atoms with Crippen LogP contribution in [-0.2, 0) is 0 Å². The molecule has 1 fully saturated rings. The van der Waals surface area contributed by atoms with E-state index in [0.29, 0.717) is 17.5 Å². The summed E-state index contributed by atoms with van der Waals surface area (Å²) in [5.41, 5.74) is 2.94. The van der Waals surface area contributed by atoms with Gasteiger partial charge in [-0.25, -0.2) is 0 Å². The van der Waals surface area contributed by atoms with Gasteiger partial charge in [-0.15, -0.1) is 0 Å². The van der Waals surface area contributed by atoms with Gasteiger partial charge < -0.3 is 5.32 Å². The smallest absolute Gasteiger partial charge is 0.101 e. The van der Waals surface area contributed by atoms with Crippen molar-refractivity contribution in [1.82, 2.24) is 0 Å². The van der Waals surface area contributed by atoms with Gasteiger partial charge in [0.2, 0.25) is 0 Å². The molecule has 0 bridgehead atoms. The first-order chi connectivity index (χ1) is 10.2. The Bertz CT molecular complexity index is 685. The highest BCUT2D eigenvalue weighted by Crippen LogP contribution is 2.39. The molecule has 1 aliphatic carbocycles. The number of nitriles is 1. The Morgan fingerprint density at radius 1 is 1.14 bits per heavy atom. The van der Waals surface area contributed by atoms with E-state index in [1.807, 2.05) is 30.3 Å². The molecule has 0 saturated heterocycles. The van der Waals surface area contributed by atoms with Crippen LogP contribution >= 0.6 is 27.5 Å². The predicted molar refractivity (Wildman–Crippen MR) is 89.7 cm³/mol. The van der Waals surface area contributed by atoms with Crippen molar-refractivity contribution in [2.75, 3.05) is 5.32 Å². The minimum absolute atomic E-state index is 0.430. The fraction of sp³-hybridized carbons (Fsp3) is 0.235. The van der Waals surface area contributed by atoms with Gasteiger partial charge in [-0.3, -0.25) is 0 Å². The number of rotatable bonds is 3. The Morgan fingerprint density at radius 3 is 2.52 bits per heavy atom. The number of nitrogens with zero attached hydrogens (tertiary/aromatic N) is 1. The van der Waals surface area contributed by atoms with Crippen LogP contribution < -0.4 is 5.32 Å². The predicted octanol–water partition coefficient (Wildman–Crippen LogP) is 5.33. The SMILES string of the molecule is N#Cc1cc(Br)ccc1NC1CC(c2ccc(Cl)cc2)C1. The van der Waals surface area contributed by atoms with Gasteiger partial charge in [0.15, 0.2) is 0 Å². The van der Waals surface area contributed by atoms with Crippen molar-refractivity contribution in [3.63, 3.8) is 0 Å². The van der Waals surface area contributed by atoms with Gasteiger partial charge in [0.25, 0.3) is 0 Å². The summed E-state index contributed by atoms with van der Waals surface area (Å²) >= 11 is 9.30. The third kappa shape index (κ3) is 3.23. The van der Waals surface area contributed by atoms with Gasteiger partial charge in [0.05, 0.1) is 11.3 Å². The van der Waals surface area contributed by atoms with E-state index in [-0.39, 0.29) is 0 Å². The summed E-state index contributed by atoms with van der Waals surface area (Å²) in [6.45, 7) is 0. The Labute approximate surface area is 137 Å². The van der Waals surface area contributed by atoms with Crippen LogP contribution in [0.5, 0.6) is 0 Å². The zero-order valence-corrected chi connectivity index (χ0v) is 13.7. The maximum absolute atomic E-state index is 9.18. The summed E-state index contributed by atoms with van der Waals surface area (Å²) < 4.78 is 0.928. The molecule has 1 aliphatic rings. The van der Waals surface area contributed by atoms with Crippen molar-refractivity contribution in [3.8, 4) is 6.07 Å².